The molecule has 1 saturated heterocycles. The molecule has 0 atom stereocenters. The fraction of sp³-hybridized carbons (Fsp3) is 0.308. The third kappa shape index (κ3) is 4.87. The van der Waals surface area contributed by atoms with Crippen LogP contribution in [0.5, 0.6) is 0 Å². The second kappa shape index (κ2) is 9.65. The number of nitrogens with zero attached hydrogens (tertiary/aromatic N) is 4. The standard InChI is InChI=1S/C26H27F3N4/c1-4-17(2)32-14-21(15-32)18(3)33(22-8-6-5-7-9-22)16-20-11-10-19(12-23(20)27)24-13-25(26(28)29)31-30-24/h5-12,21,26H,2-4,13-16H2,1H3. The predicted octanol–water partition coefficient (Wildman–Crippen LogP) is 6.02. The number of para-hydroxylation sites is 1. The Labute approximate surface area is 192 Å². The number of anilines is 1. The molecule has 7 heteroatoms. The largest absolute Gasteiger partial charge is 0.374 e. The zero-order chi connectivity index (χ0) is 23.5. The van der Waals surface area contributed by atoms with Gasteiger partial charge in [0.15, 0.2) is 0 Å². The van der Waals surface area contributed by atoms with E-state index in [1.165, 1.54) is 6.07 Å². The van der Waals surface area contributed by atoms with Gasteiger partial charge in [-0.05, 0) is 24.6 Å². The Bertz CT molecular complexity index is 1100. The van der Waals surface area contributed by atoms with Crippen LogP contribution in [0, 0.1) is 11.7 Å². The average molecular weight is 453 g/mol. The van der Waals surface area contributed by atoms with Crippen LogP contribution in [-0.2, 0) is 6.54 Å². The van der Waals surface area contributed by atoms with Crippen molar-refractivity contribution in [3.05, 3.63) is 90.0 Å². The Hall–Kier alpha value is -3.35. The Balaban J connectivity index is 1.51. The molecule has 4 nitrogen and oxygen atoms in total. The fourth-order valence-corrected chi connectivity index (χ4v) is 4.03. The highest BCUT2D eigenvalue weighted by Crippen LogP contribution is 2.33. The topological polar surface area (TPSA) is 31.2 Å². The lowest BCUT2D eigenvalue weighted by molar-refractivity contribution is 0.164. The van der Waals surface area contributed by atoms with Gasteiger partial charge >= 0.3 is 0 Å². The summed E-state index contributed by atoms with van der Waals surface area (Å²) in [5.74, 6) is -0.155. The van der Waals surface area contributed by atoms with E-state index in [4.69, 9.17) is 0 Å². The lowest BCUT2D eigenvalue weighted by atomic mass is 9.94. The molecule has 2 aromatic carbocycles. The van der Waals surface area contributed by atoms with Crippen LogP contribution >= 0.6 is 0 Å². The first-order chi connectivity index (χ1) is 15.9. The maximum Gasteiger partial charge on any atom is 0.278 e. The van der Waals surface area contributed by atoms with E-state index in [-0.39, 0.29) is 18.1 Å². The molecule has 2 aromatic rings. The maximum absolute atomic E-state index is 15.1. The predicted molar refractivity (Wildman–Crippen MR) is 127 cm³/mol. The molecule has 33 heavy (non-hydrogen) atoms. The van der Waals surface area contributed by atoms with Crippen molar-refractivity contribution in [3.63, 3.8) is 0 Å². The van der Waals surface area contributed by atoms with E-state index in [1.54, 1.807) is 12.1 Å². The summed E-state index contributed by atoms with van der Waals surface area (Å²) < 4.78 is 40.8. The van der Waals surface area contributed by atoms with Crippen LogP contribution in [0.1, 0.15) is 30.9 Å². The van der Waals surface area contributed by atoms with E-state index in [0.29, 0.717) is 23.4 Å². The number of halogens is 3. The molecule has 4 rings (SSSR count). The molecule has 0 spiro atoms. The molecule has 172 valence electrons. The smallest absolute Gasteiger partial charge is 0.278 e. The van der Waals surface area contributed by atoms with E-state index in [2.05, 4.69) is 35.2 Å². The number of hydrogen-bond acceptors (Lipinski definition) is 4. The molecule has 0 unspecified atom stereocenters. The van der Waals surface area contributed by atoms with Crippen molar-refractivity contribution in [3.8, 4) is 0 Å². The van der Waals surface area contributed by atoms with E-state index in [0.717, 1.165) is 36.6 Å². The van der Waals surface area contributed by atoms with Crippen molar-refractivity contribution in [1.82, 2.24) is 4.90 Å². The molecule has 0 amide bonds. The van der Waals surface area contributed by atoms with Crippen molar-refractivity contribution in [2.24, 2.45) is 16.1 Å². The molecule has 0 aromatic heterocycles. The van der Waals surface area contributed by atoms with Crippen molar-refractivity contribution < 1.29 is 13.2 Å². The molecular formula is C26H27F3N4. The summed E-state index contributed by atoms with van der Waals surface area (Å²) in [6, 6.07) is 14.5. The summed E-state index contributed by atoms with van der Waals surface area (Å²) in [7, 11) is 0. The zero-order valence-electron chi connectivity index (χ0n) is 18.6. The Morgan fingerprint density at radius 2 is 1.85 bits per heavy atom. The highest BCUT2D eigenvalue weighted by atomic mass is 19.3. The van der Waals surface area contributed by atoms with Crippen LogP contribution < -0.4 is 4.90 Å². The molecule has 2 heterocycles. The van der Waals surface area contributed by atoms with Crippen molar-refractivity contribution >= 4 is 17.1 Å². The van der Waals surface area contributed by atoms with Gasteiger partial charge in [-0.25, -0.2) is 13.2 Å². The molecule has 2 aliphatic heterocycles. The number of hydrogen-bond donors (Lipinski definition) is 0. The minimum atomic E-state index is -2.65. The van der Waals surface area contributed by atoms with Crippen LogP contribution in [0.25, 0.3) is 0 Å². The molecule has 2 aliphatic rings. The minimum Gasteiger partial charge on any atom is -0.374 e. The molecule has 0 aliphatic carbocycles. The first-order valence-corrected chi connectivity index (χ1v) is 11.0. The van der Waals surface area contributed by atoms with Gasteiger partial charge in [0, 0.05) is 53.6 Å². The number of rotatable bonds is 9. The highest BCUT2D eigenvalue weighted by Gasteiger charge is 2.32. The van der Waals surface area contributed by atoms with Crippen LogP contribution in [0.3, 0.4) is 0 Å². The Morgan fingerprint density at radius 1 is 1.12 bits per heavy atom. The van der Waals surface area contributed by atoms with Crippen LogP contribution in [0.2, 0.25) is 0 Å². The number of benzene rings is 2. The van der Waals surface area contributed by atoms with Crippen molar-refractivity contribution in [2.75, 3.05) is 18.0 Å². The summed E-state index contributed by atoms with van der Waals surface area (Å²) in [6.07, 6.45) is -1.81. The third-order valence-corrected chi connectivity index (χ3v) is 6.24. The summed E-state index contributed by atoms with van der Waals surface area (Å²) in [6.45, 7) is 12.5. The summed E-state index contributed by atoms with van der Waals surface area (Å²) in [5, 5.41) is 7.33. The molecule has 0 N–H and O–H groups in total. The van der Waals surface area contributed by atoms with Gasteiger partial charge in [0.2, 0.25) is 0 Å². The minimum absolute atomic E-state index is 0.0648. The highest BCUT2D eigenvalue weighted by molar-refractivity contribution is 6.15. The van der Waals surface area contributed by atoms with Gasteiger partial charge in [0.25, 0.3) is 6.43 Å². The SMILES string of the molecule is C=C(CC)N1CC(C(=C)N(Cc2ccc(C3=NN=C(C(F)F)C3)cc2F)c2ccccc2)C1. The lowest BCUT2D eigenvalue weighted by Gasteiger charge is -2.45. The van der Waals surface area contributed by atoms with Crippen LogP contribution in [-0.4, -0.2) is 35.8 Å². The summed E-state index contributed by atoms with van der Waals surface area (Å²) in [5.41, 5.74) is 4.00. The number of likely N-dealkylation sites (tertiary alicyclic amines) is 1. The van der Waals surface area contributed by atoms with Gasteiger partial charge in [-0.1, -0.05) is 50.4 Å². The van der Waals surface area contributed by atoms with Gasteiger partial charge in [-0.15, -0.1) is 0 Å². The third-order valence-electron chi connectivity index (χ3n) is 6.24. The molecule has 0 bridgehead atoms. The Kier molecular flexibility index (Phi) is 6.67. The van der Waals surface area contributed by atoms with Gasteiger partial charge in [0.1, 0.15) is 11.5 Å². The van der Waals surface area contributed by atoms with E-state index < -0.39 is 12.2 Å². The quantitative estimate of drug-likeness (QED) is 0.466. The number of allylic oxidation sites excluding steroid dienone is 1. The van der Waals surface area contributed by atoms with Crippen molar-refractivity contribution in [2.45, 2.75) is 32.7 Å². The molecule has 0 saturated carbocycles. The summed E-state index contributed by atoms with van der Waals surface area (Å²) in [4.78, 5) is 4.28. The summed E-state index contributed by atoms with van der Waals surface area (Å²) >= 11 is 0. The second-order valence-electron chi connectivity index (χ2n) is 8.36. The van der Waals surface area contributed by atoms with Gasteiger partial charge in [0.05, 0.1) is 12.3 Å². The second-order valence-corrected chi connectivity index (χ2v) is 8.36. The van der Waals surface area contributed by atoms with E-state index in [1.807, 2.05) is 35.2 Å². The molecular weight excluding hydrogens is 425 g/mol. The monoisotopic (exact) mass is 452 g/mol. The van der Waals surface area contributed by atoms with Crippen molar-refractivity contribution in [1.29, 1.82) is 0 Å². The lowest BCUT2D eigenvalue weighted by Crippen LogP contribution is -2.49. The molecule has 0 radical (unpaired) electrons. The normalized spacial score (nSPS) is 15.8. The van der Waals surface area contributed by atoms with Gasteiger partial charge in [-0.3, -0.25) is 0 Å². The van der Waals surface area contributed by atoms with Crippen LogP contribution in [0.4, 0.5) is 18.9 Å². The van der Waals surface area contributed by atoms with E-state index in [9.17, 15) is 8.78 Å². The average Bonchev–Trinajstić information content (AvgIpc) is 3.28. The van der Waals surface area contributed by atoms with E-state index >= 15 is 4.39 Å². The Morgan fingerprint density at radius 3 is 2.45 bits per heavy atom. The maximum atomic E-state index is 15.1. The first kappa shape index (κ1) is 22.8. The molecule has 1 fully saturated rings. The zero-order valence-corrected chi connectivity index (χ0v) is 18.6. The van der Waals surface area contributed by atoms with Crippen LogP contribution in [0.15, 0.2) is 83.3 Å². The van der Waals surface area contributed by atoms with Gasteiger partial charge in [-0.2, -0.15) is 10.2 Å². The number of alkyl halides is 2. The first-order valence-electron chi connectivity index (χ1n) is 11.0. The van der Waals surface area contributed by atoms with Gasteiger partial charge < -0.3 is 9.80 Å². The fourth-order valence-electron chi connectivity index (χ4n) is 4.03.